The van der Waals surface area contributed by atoms with Gasteiger partial charge in [0.15, 0.2) is 6.29 Å². The zero-order chi connectivity index (χ0) is 45.9. The number of hydrogen-bond acceptors (Lipinski definition) is 10. The monoisotopic (exact) mass is 881 g/mol. The van der Waals surface area contributed by atoms with Crippen LogP contribution < -0.4 is 9.47 Å². The number of rotatable bonds is 26. The van der Waals surface area contributed by atoms with Gasteiger partial charge < -0.3 is 43.3 Å². The molecule has 1 aliphatic rings. The molecule has 5 unspecified atom stereocenters. The molecule has 0 radical (unpaired) electrons. The van der Waals surface area contributed by atoms with E-state index in [1.165, 1.54) is 0 Å². The Hall–Kier alpha value is -4.78. The van der Waals surface area contributed by atoms with Crippen LogP contribution in [-0.4, -0.2) is 113 Å². The number of unbranched alkanes of at least 4 members (excludes halogenated alkanes) is 4. The second-order valence-corrected chi connectivity index (χ2v) is 17.4. The van der Waals surface area contributed by atoms with Crippen molar-refractivity contribution in [1.29, 1.82) is 0 Å². The molecule has 1 amide bonds. The summed E-state index contributed by atoms with van der Waals surface area (Å²) in [6.07, 6.45) is 4.64. The fourth-order valence-electron chi connectivity index (χ4n) is 8.46. The van der Waals surface area contributed by atoms with E-state index in [0.29, 0.717) is 31.1 Å². The van der Waals surface area contributed by atoms with Crippen molar-refractivity contribution in [2.45, 2.75) is 89.8 Å². The molecule has 4 aromatic carbocycles. The third-order valence-corrected chi connectivity index (χ3v) is 12.8. The molecule has 11 heteroatoms. The Morgan fingerprint density at radius 1 is 0.688 bits per heavy atom. The van der Waals surface area contributed by atoms with Gasteiger partial charge in [-0.3, -0.25) is 4.79 Å². The highest BCUT2D eigenvalue weighted by molar-refractivity contribution is 5.89. The second-order valence-electron chi connectivity index (χ2n) is 17.4. The molecular weight excluding hydrogens is 809 g/mol. The number of methoxy groups -OCH3 is 2. The van der Waals surface area contributed by atoms with Crippen molar-refractivity contribution in [3.8, 4) is 11.5 Å². The fourth-order valence-corrected chi connectivity index (χ4v) is 8.46. The first-order valence-electron chi connectivity index (χ1n) is 23.0. The number of amides is 1. The molecule has 4 aromatic rings. The number of carbonyl (C=O) groups is 2. The lowest BCUT2D eigenvalue weighted by atomic mass is 9.79. The van der Waals surface area contributed by atoms with E-state index < -0.39 is 11.7 Å². The van der Waals surface area contributed by atoms with Gasteiger partial charge in [0.25, 0.3) is 0 Å². The quantitative estimate of drug-likeness (QED) is 0.0372. The molecular formula is C53H72N2O9. The highest BCUT2D eigenvalue weighted by atomic mass is 16.7. The Kier molecular flexibility index (Phi) is 20.1. The van der Waals surface area contributed by atoms with E-state index in [-0.39, 0.29) is 49.3 Å². The number of nitrogens with zero attached hydrogens (tertiary/aromatic N) is 2. The second kappa shape index (κ2) is 25.6. The molecule has 5 rings (SSSR count). The Morgan fingerprint density at radius 2 is 1.25 bits per heavy atom. The Balaban J connectivity index is 0.980. The first-order valence-corrected chi connectivity index (χ1v) is 23.0. The third kappa shape index (κ3) is 14.1. The van der Waals surface area contributed by atoms with Crippen molar-refractivity contribution >= 4 is 11.9 Å². The van der Waals surface area contributed by atoms with E-state index in [0.717, 1.165) is 79.8 Å². The number of aliphatic hydroxyl groups excluding tert-OH is 1. The number of aliphatic hydroxyl groups is 1. The molecule has 1 saturated heterocycles. The van der Waals surface area contributed by atoms with Crippen LogP contribution in [0.1, 0.15) is 92.8 Å². The molecule has 64 heavy (non-hydrogen) atoms. The van der Waals surface area contributed by atoms with Crippen LogP contribution in [0, 0.1) is 17.8 Å². The van der Waals surface area contributed by atoms with E-state index in [2.05, 4.69) is 37.8 Å². The number of hydrogen-bond donors (Lipinski definition) is 1. The molecule has 11 nitrogen and oxygen atoms in total. The molecule has 348 valence electrons. The summed E-state index contributed by atoms with van der Waals surface area (Å²) in [4.78, 5) is 29.4. The van der Waals surface area contributed by atoms with E-state index >= 15 is 0 Å². The first-order chi connectivity index (χ1) is 31.0. The van der Waals surface area contributed by atoms with Gasteiger partial charge in [0.2, 0.25) is 5.91 Å². The van der Waals surface area contributed by atoms with Crippen molar-refractivity contribution in [2.75, 3.05) is 67.8 Å². The predicted octanol–water partition coefficient (Wildman–Crippen LogP) is 9.00. The minimum atomic E-state index is -0.988. The minimum absolute atomic E-state index is 0.119. The Labute approximate surface area is 381 Å². The van der Waals surface area contributed by atoms with Crippen molar-refractivity contribution < 1.29 is 43.1 Å². The van der Waals surface area contributed by atoms with E-state index in [1.807, 2.05) is 104 Å². The zero-order valence-corrected chi connectivity index (χ0v) is 39.2. The number of ether oxygens (including phenoxy) is 6. The van der Waals surface area contributed by atoms with Gasteiger partial charge in [-0.2, -0.15) is 0 Å². The lowest BCUT2D eigenvalue weighted by Crippen LogP contribution is -2.48. The third-order valence-electron chi connectivity index (χ3n) is 12.8. The van der Waals surface area contributed by atoms with Crippen molar-refractivity contribution in [3.63, 3.8) is 0 Å². The Bertz CT molecular complexity index is 1900. The molecule has 0 saturated carbocycles. The zero-order valence-electron chi connectivity index (χ0n) is 39.2. The summed E-state index contributed by atoms with van der Waals surface area (Å²) in [5.41, 5.74) is 2.33. The molecule has 0 spiro atoms. The topological polar surface area (TPSA) is 116 Å². The molecule has 0 aromatic heterocycles. The fraction of sp³-hybridized carbons (Fsp3) is 0.509. The number of esters is 1. The molecule has 1 heterocycles. The summed E-state index contributed by atoms with van der Waals surface area (Å²) in [6, 6.07) is 34.9. The average molecular weight is 881 g/mol. The number of likely N-dealkylation sites (N-methyl/N-ethyl adjacent to an activating group) is 1. The minimum Gasteiger partial charge on any atom is -0.497 e. The van der Waals surface area contributed by atoms with Crippen LogP contribution in [0.3, 0.4) is 0 Å². The SMILES string of the molecule is COc1ccc(C(OC[C@@H](O)CN(C)CCCCCCN(C)C(=O)CCCCOC2OC(COC(=O)c3ccccc3)C(C)C(C)C2C)(c2ccccc2)c2ccc(OC)cc2)cc1. The lowest BCUT2D eigenvalue weighted by molar-refractivity contribution is -0.254. The lowest BCUT2D eigenvalue weighted by Gasteiger charge is -2.43. The summed E-state index contributed by atoms with van der Waals surface area (Å²) < 4.78 is 35.9. The van der Waals surface area contributed by atoms with Crippen LogP contribution in [0.4, 0.5) is 0 Å². The van der Waals surface area contributed by atoms with E-state index in [9.17, 15) is 14.7 Å². The van der Waals surface area contributed by atoms with Crippen LogP contribution in [0.25, 0.3) is 0 Å². The van der Waals surface area contributed by atoms with Crippen LogP contribution in [-0.2, 0) is 29.3 Å². The standard InChI is InChI=1S/C53H72N2O9/c1-39-40(2)49(38-62-51(58)42-20-12-10-13-21-42)64-52(41(39)3)61-35-19-16-24-50(57)55(5)34-18-9-8-17-33-54(4)36-46(56)37-63-53(43-22-14-11-15-23-43,44-25-29-47(59-6)30-26-44)45-27-31-48(60-7)32-28-45/h10-15,20-23,25-32,39-41,46,49,52,56H,8-9,16-19,24,33-38H2,1-7H3/t39?,40?,41?,46-,49?,52?/m0/s1. The van der Waals surface area contributed by atoms with Gasteiger partial charge in [-0.05, 0) is 104 Å². The maximum atomic E-state index is 12.9. The summed E-state index contributed by atoms with van der Waals surface area (Å²) in [7, 11) is 7.22. The maximum absolute atomic E-state index is 12.9. The normalized spacial score (nSPS) is 19.2. The van der Waals surface area contributed by atoms with Gasteiger partial charge in [0, 0.05) is 39.1 Å². The van der Waals surface area contributed by atoms with Crippen LogP contribution in [0.15, 0.2) is 109 Å². The average Bonchev–Trinajstić information content (AvgIpc) is 3.32. The molecule has 1 aliphatic heterocycles. The summed E-state index contributed by atoms with van der Waals surface area (Å²) in [6.45, 7) is 9.32. The van der Waals surface area contributed by atoms with Crippen LogP contribution in [0.5, 0.6) is 11.5 Å². The van der Waals surface area contributed by atoms with Crippen molar-refractivity contribution in [2.24, 2.45) is 17.8 Å². The Morgan fingerprint density at radius 3 is 1.84 bits per heavy atom. The number of carbonyl (C=O) groups excluding carboxylic acids is 2. The van der Waals surface area contributed by atoms with Crippen LogP contribution >= 0.6 is 0 Å². The van der Waals surface area contributed by atoms with Gasteiger partial charge in [0.05, 0.1) is 38.6 Å². The highest BCUT2D eigenvalue weighted by Crippen LogP contribution is 2.42. The van der Waals surface area contributed by atoms with E-state index in [4.69, 9.17) is 28.4 Å². The van der Waals surface area contributed by atoms with Crippen molar-refractivity contribution in [1.82, 2.24) is 9.80 Å². The summed E-state index contributed by atoms with van der Waals surface area (Å²) >= 11 is 0. The molecule has 1 N–H and O–H groups in total. The molecule has 0 aliphatic carbocycles. The number of benzene rings is 4. The predicted molar refractivity (Wildman–Crippen MR) is 251 cm³/mol. The largest absolute Gasteiger partial charge is 0.497 e. The highest BCUT2D eigenvalue weighted by Gasteiger charge is 2.41. The van der Waals surface area contributed by atoms with Gasteiger partial charge >= 0.3 is 5.97 Å². The molecule has 6 atom stereocenters. The van der Waals surface area contributed by atoms with Gasteiger partial charge in [-0.25, -0.2) is 4.79 Å². The summed E-state index contributed by atoms with van der Waals surface area (Å²) in [5, 5.41) is 11.3. The van der Waals surface area contributed by atoms with Gasteiger partial charge in [-0.1, -0.05) is 106 Å². The smallest absolute Gasteiger partial charge is 0.338 e. The van der Waals surface area contributed by atoms with Gasteiger partial charge in [-0.15, -0.1) is 0 Å². The maximum Gasteiger partial charge on any atom is 0.338 e. The van der Waals surface area contributed by atoms with E-state index in [1.54, 1.807) is 26.4 Å². The first kappa shape index (κ1) is 50.2. The summed E-state index contributed by atoms with van der Waals surface area (Å²) in [5.74, 6) is 2.03. The molecule has 1 fully saturated rings. The van der Waals surface area contributed by atoms with Crippen molar-refractivity contribution in [3.05, 3.63) is 131 Å². The van der Waals surface area contributed by atoms with Crippen LogP contribution in [0.2, 0.25) is 0 Å². The van der Waals surface area contributed by atoms with Gasteiger partial charge in [0.1, 0.15) is 23.7 Å². The molecule has 0 bridgehead atoms.